The molecule has 0 spiro atoms. The minimum atomic E-state index is -5.19. The first kappa shape index (κ1) is 32.8. The van der Waals surface area contributed by atoms with Crippen LogP contribution >= 0.6 is 15.9 Å². The number of alkyl carbamates (subject to hydrolysis) is 1. The van der Waals surface area contributed by atoms with Crippen molar-refractivity contribution >= 4 is 44.2 Å². The molecule has 2 N–H and O–H groups in total. The number of benzene rings is 1. The van der Waals surface area contributed by atoms with Gasteiger partial charge in [-0.25, -0.2) is 18.0 Å². The number of sulfonamides is 1. The maximum Gasteiger partial charge on any atom is 0.421 e. The lowest BCUT2D eigenvalue weighted by Gasteiger charge is -2.31. The first-order valence-electron chi connectivity index (χ1n) is 11.1. The van der Waals surface area contributed by atoms with Gasteiger partial charge in [0.1, 0.15) is 17.2 Å². The first-order valence-corrected chi connectivity index (χ1v) is 13.5. The fourth-order valence-electron chi connectivity index (χ4n) is 2.85. The van der Waals surface area contributed by atoms with Gasteiger partial charge in [-0.2, -0.15) is 17.6 Å². The van der Waals surface area contributed by atoms with Crippen LogP contribution in [0.3, 0.4) is 0 Å². The second kappa shape index (κ2) is 12.1. The summed E-state index contributed by atoms with van der Waals surface area (Å²) in [5.74, 6) is -2.06. The van der Waals surface area contributed by atoms with Gasteiger partial charge in [-0.05, 0) is 47.6 Å². The van der Waals surface area contributed by atoms with Gasteiger partial charge in [-0.15, -0.1) is 0 Å². The molecule has 0 radical (unpaired) electrons. The van der Waals surface area contributed by atoms with E-state index in [4.69, 9.17) is 9.47 Å². The molecule has 210 valence electrons. The third-order valence-corrected chi connectivity index (χ3v) is 6.35. The highest BCUT2D eigenvalue weighted by molar-refractivity contribution is 9.10. The number of esters is 1. The number of halogens is 4. The Morgan fingerprint density at radius 3 is 2.11 bits per heavy atom. The summed E-state index contributed by atoms with van der Waals surface area (Å²) in [6, 6.07) is 3.64. The van der Waals surface area contributed by atoms with Crippen molar-refractivity contribution in [3.05, 3.63) is 34.3 Å². The maximum absolute atomic E-state index is 13.8. The van der Waals surface area contributed by atoms with Gasteiger partial charge in [0.25, 0.3) is 10.0 Å². The summed E-state index contributed by atoms with van der Waals surface area (Å²) in [6.45, 7) is 9.54. The van der Waals surface area contributed by atoms with Gasteiger partial charge < -0.3 is 19.9 Å². The Balaban J connectivity index is 3.06. The molecule has 0 saturated carbocycles. The molecule has 37 heavy (non-hydrogen) atoms. The average Bonchev–Trinajstić information content (AvgIpc) is 2.68. The van der Waals surface area contributed by atoms with Crippen molar-refractivity contribution in [3.8, 4) is 0 Å². The van der Waals surface area contributed by atoms with Crippen molar-refractivity contribution in [2.24, 2.45) is 4.40 Å². The third-order valence-electron chi connectivity index (χ3n) is 4.47. The highest BCUT2D eigenvalue weighted by Crippen LogP contribution is 2.44. The summed E-state index contributed by atoms with van der Waals surface area (Å²) in [5, 5.41) is 12.7. The third kappa shape index (κ3) is 11.0. The number of carbonyl (C=O) groups is 2. The molecule has 2 atom stereocenters. The average molecular weight is 617 g/mol. The molecule has 14 heteroatoms. The number of hydrogen-bond donors (Lipinski definition) is 2. The van der Waals surface area contributed by atoms with E-state index in [1.54, 1.807) is 41.5 Å². The minimum absolute atomic E-state index is 0.0517. The Morgan fingerprint density at radius 2 is 1.62 bits per heavy atom. The fourth-order valence-corrected chi connectivity index (χ4v) is 4.44. The Labute approximate surface area is 223 Å². The molecule has 0 saturated heterocycles. The Hall–Kier alpha value is -2.19. The molecule has 0 aromatic heterocycles. The van der Waals surface area contributed by atoms with E-state index in [1.807, 2.05) is 0 Å². The molecule has 0 aliphatic rings. The molecule has 0 fully saturated rings. The fraction of sp³-hybridized carbons (Fsp3) is 0.609. The van der Waals surface area contributed by atoms with Crippen LogP contribution in [0.15, 0.2) is 33.1 Å². The van der Waals surface area contributed by atoms with Crippen LogP contribution < -0.4 is 5.32 Å². The molecule has 0 aliphatic carbocycles. The van der Waals surface area contributed by atoms with Crippen molar-refractivity contribution in [3.63, 3.8) is 0 Å². The van der Waals surface area contributed by atoms with Crippen LogP contribution in [0.1, 0.15) is 59.9 Å². The summed E-state index contributed by atoms with van der Waals surface area (Å²) in [7, 11) is -4.51. The van der Waals surface area contributed by atoms with Crippen molar-refractivity contribution in [2.45, 2.75) is 83.4 Å². The lowest BCUT2D eigenvalue weighted by molar-refractivity contribution is -0.267. The molecular weight excluding hydrogens is 585 g/mol. The predicted molar refractivity (Wildman–Crippen MR) is 135 cm³/mol. The number of alkyl halides is 3. The van der Waals surface area contributed by atoms with Crippen LogP contribution in [0.2, 0.25) is 0 Å². The van der Waals surface area contributed by atoms with E-state index in [2.05, 4.69) is 25.6 Å². The zero-order valence-corrected chi connectivity index (χ0v) is 23.8. The number of nitrogens with one attached hydrogen (secondary N) is 1. The maximum atomic E-state index is 13.8. The molecule has 1 rings (SSSR count). The SMILES string of the molecule is CC(C)(C)OC(=O)N[C@@H](CC=NS(=O)(=O)CCC(O)(c1ccccc1Br)C(F)(F)F)C(=O)OC(C)(C)C. The normalized spacial score (nSPS) is 15.6. The molecule has 9 nitrogen and oxygen atoms in total. The summed E-state index contributed by atoms with van der Waals surface area (Å²) in [5.41, 5.74) is -5.83. The molecule has 1 aromatic rings. The first-order chi connectivity index (χ1) is 16.6. The number of hydrogen-bond acceptors (Lipinski definition) is 7. The summed E-state index contributed by atoms with van der Waals surface area (Å²) < 4.78 is 79.6. The molecule has 0 bridgehead atoms. The molecule has 1 amide bonds. The van der Waals surface area contributed by atoms with E-state index in [0.717, 1.165) is 12.3 Å². The summed E-state index contributed by atoms with van der Waals surface area (Å²) in [6.07, 6.45) is -7.07. The number of nitrogens with zero attached hydrogens (tertiary/aromatic N) is 1. The standard InChI is InChI=1S/C23H32BrF3N2O7S/c1-20(2,3)35-18(30)17(29-19(31)36-21(4,5)6)11-13-28-37(33,34)14-12-22(32,23(25,26)27)15-9-7-8-10-16(15)24/h7-10,13,17,32H,11-12,14H2,1-6H3,(H,29,31)/t17-,22?/m0/s1. The second-order valence-electron chi connectivity index (χ2n) is 10.1. The second-order valence-corrected chi connectivity index (χ2v) is 12.8. The van der Waals surface area contributed by atoms with Crippen LogP contribution in [0, 0.1) is 0 Å². The number of aliphatic hydroxyl groups is 1. The minimum Gasteiger partial charge on any atom is -0.458 e. The largest absolute Gasteiger partial charge is 0.458 e. The molecule has 0 heterocycles. The van der Waals surface area contributed by atoms with Crippen LogP contribution in [0.25, 0.3) is 0 Å². The number of ether oxygens (including phenoxy) is 2. The number of rotatable bonds is 9. The van der Waals surface area contributed by atoms with Crippen molar-refractivity contribution < 1.29 is 45.8 Å². The number of amides is 1. The van der Waals surface area contributed by atoms with Gasteiger partial charge in [0.05, 0.1) is 5.75 Å². The van der Waals surface area contributed by atoms with Crippen LogP contribution in [-0.4, -0.2) is 61.0 Å². The smallest absolute Gasteiger partial charge is 0.421 e. The van der Waals surface area contributed by atoms with E-state index < -0.39 is 75.3 Å². The van der Waals surface area contributed by atoms with Gasteiger partial charge in [0.15, 0.2) is 5.60 Å². The van der Waals surface area contributed by atoms with Gasteiger partial charge in [-0.3, -0.25) is 0 Å². The van der Waals surface area contributed by atoms with Crippen molar-refractivity contribution in [2.75, 3.05) is 5.75 Å². The topological polar surface area (TPSA) is 131 Å². The van der Waals surface area contributed by atoms with Crippen LogP contribution in [-0.2, 0) is 29.9 Å². The van der Waals surface area contributed by atoms with E-state index in [1.165, 1.54) is 18.2 Å². The highest BCUT2D eigenvalue weighted by atomic mass is 79.9. The lowest BCUT2D eigenvalue weighted by atomic mass is 9.90. The van der Waals surface area contributed by atoms with E-state index in [0.29, 0.717) is 0 Å². The monoisotopic (exact) mass is 616 g/mol. The van der Waals surface area contributed by atoms with Crippen molar-refractivity contribution in [1.82, 2.24) is 5.32 Å². The van der Waals surface area contributed by atoms with Gasteiger partial charge in [0, 0.05) is 29.1 Å². The van der Waals surface area contributed by atoms with Gasteiger partial charge >= 0.3 is 18.2 Å². The Morgan fingerprint density at radius 1 is 1.08 bits per heavy atom. The Bertz CT molecular complexity index is 1100. The zero-order valence-electron chi connectivity index (χ0n) is 21.3. The molecular formula is C23H32BrF3N2O7S. The molecule has 1 aromatic carbocycles. The molecule has 0 aliphatic heterocycles. The van der Waals surface area contributed by atoms with E-state index >= 15 is 0 Å². The van der Waals surface area contributed by atoms with E-state index in [-0.39, 0.29) is 4.47 Å². The van der Waals surface area contributed by atoms with Gasteiger partial charge in [0.2, 0.25) is 0 Å². The van der Waals surface area contributed by atoms with Crippen molar-refractivity contribution in [1.29, 1.82) is 0 Å². The lowest BCUT2D eigenvalue weighted by Crippen LogP contribution is -2.46. The Kier molecular flexibility index (Phi) is 10.8. The quantitative estimate of drug-likeness (QED) is 0.306. The highest BCUT2D eigenvalue weighted by Gasteiger charge is 2.55. The molecule has 1 unspecified atom stereocenters. The zero-order chi connectivity index (χ0) is 28.9. The summed E-state index contributed by atoms with van der Waals surface area (Å²) >= 11 is 2.95. The summed E-state index contributed by atoms with van der Waals surface area (Å²) in [4.78, 5) is 24.6. The van der Waals surface area contributed by atoms with Crippen LogP contribution in [0.4, 0.5) is 18.0 Å². The van der Waals surface area contributed by atoms with Crippen LogP contribution in [0.5, 0.6) is 0 Å². The predicted octanol–water partition coefficient (Wildman–Crippen LogP) is 4.61. The van der Waals surface area contributed by atoms with E-state index in [9.17, 15) is 36.3 Å². The van der Waals surface area contributed by atoms with Gasteiger partial charge in [-0.1, -0.05) is 34.1 Å². The number of carbonyl (C=O) groups excluding carboxylic acids is 2.